The lowest BCUT2D eigenvalue weighted by atomic mass is 10.1. The highest BCUT2D eigenvalue weighted by atomic mass is 16.6. The van der Waals surface area contributed by atoms with Gasteiger partial charge < -0.3 is 9.47 Å². The number of benzene rings is 2. The van der Waals surface area contributed by atoms with Gasteiger partial charge in [0, 0.05) is 6.42 Å². The molecular weight excluding hydrogens is 266 g/mol. The average molecular weight is 279 g/mol. The molecule has 104 valence electrons. The standard InChI is InChI=1S/C17H13NO3/c18-10-12-5-7-13(8-6-12)11-20-17(19)16-9-14-3-1-2-4-15(14)21-16/h1-8,16H,9,11H2/t16-/m0/s1. The number of ether oxygens (including phenoxy) is 2. The first-order valence-corrected chi connectivity index (χ1v) is 6.66. The lowest BCUT2D eigenvalue weighted by Gasteiger charge is -2.10. The summed E-state index contributed by atoms with van der Waals surface area (Å²) in [5, 5.41) is 8.72. The van der Waals surface area contributed by atoms with E-state index >= 15 is 0 Å². The van der Waals surface area contributed by atoms with Gasteiger partial charge in [-0.05, 0) is 29.3 Å². The van der Waals surface area contributed by atoms with E-state index < -0.39 is 6.10 Å². The summed E-state index contributed by atoms with van der Waals surface area (Å²) >= 11 is 0. The summed E-state index contributed by atoms with van der Waals surface area (Å²) in [6.07, 6.45) is -0.0247. The van der Waals surface area contributed by atoms with Crippen LogP contribution >= 0.6 is 0 Å². The van der Waals surface area contributed by atoms with Crippen molar-refractivity contribution in [2.45, 2.75) is 19.1 Å². The van der Waals surface area contributed by atoms with Gasteiger partial charge in [-0.15, -0.1) is 0 Å². The van der Waals surface area contributed by atoms with Gasteiger partial charge in [0.2, 0.25) is 0 Å². The lowest BCUT2D eigenvalue weighted by molar-refractivity contribution is -0.152. The number of fused-ring (bicyclic) bond motifs is 1. The van der Waals surface area contributed by atoms with Gasteiger partial charge >= 0.3 is 5.97 Å². The van der Waals surface area contributed by atoms with E-state index in [4.69, 9.17) is 14.7 Å². The molecule has 0 radical (unpaired) electrons. The van der Waals surface area contributed by atoms with Crippen LogP contribution in [0.2, 0.25) is 0 Å². The molecule has 3 rings (SSSR count). The zero-order chi connectivity index (χ0) is 14.7. The highest BCUT2D eigenvalue weighted by Crippen LogP contribution is 2.28. The molecule has 0 fully saturated rings. The third-order valence-corrected chi connectivity index (χ3v) is 3.37. The molecule has 0 unspecified atom stereocenters. The van der Waals surface area contributed by atoms with Crippen LogP contribution in [-0.2, 0) is 22.6 Å². The van der Waals surface area contributed by atoms with Gasteiger partial charge in [0.25, 0.3) is 0 Å². The molecule has 0 aromatic heterocycles. The van der Waals surface area contributed by atoms with Crippen molar-refractivity contribution in [3.05, 3.63) is 65.2 Å². The number of carbonyl (C=O) groups excluding carboxylic acids is 1. The summed E-state index contributed by atoms with van der Waals surface area (Å²) in [6.45, 7) is 0.181. The lowest BCUT2D eigenvalue weighted by Crippen LogP contribution is -2.27. The first kappa shape index (κ1) is 13.2. The molecule has 2 aromatic rings. The van der Waals surface area contributed by atoms with Crippen LogP contribution in [0.15, 0.2) is 48.5 Å². The molecule has 4 heteroatoms. The average Bonchev–Trinajstić information content (AvgIpc) is 2.97. The van der Waals surface area contributed by atoms with Crippen molar-refractivity contribution in [3.63, 3.8) is 0 Å². The zero-order valence-corrected chi connectivity index (χ0v) is 11.3. The SMILES string of the molecule is N#Cc1ccc(COC(=O)[C@@H]2Cc3ccccc3O2)cc1. The maximum absolute atomic E-state index is 12.0. The number of nitriles is 1. The molecule has 1 aliphatic rings. The molecule has 0 saturated carbocycles. The van der Waals surface area contributed by atoms with Gasteiger partial charge in [-0.25, -0.2) is 4.79 Å². The summed E-state index contributed by atoms with van der Waals surface area (Å²) in [7, 11) is 0. The molecule has 21 heavy (non-hydrogen) atoms. The van der Waals surface area contributed by atoms with Crippen LogP contribution < -0.4 is 4.74 Å². The molecule has 0 amide bonds. The van der Waals surface area contributed by atoms with E-state index in [1.807, 2.05) is 30.3 Å². The van der Waals surface area contributed by atoms with E-state index in [2.05, 4.69) is 0 Å². The minimum absolute atomic E-state index is 0.181. The van der Waals surface area contributed by atoms with Crippen LogP contribution in [0.25, 0.3) is 0 Å². The van der Waals surface area contributed by atoms with Crippen LogP contribution in [0.4, 0.5) is 0 Å². The minimum atomic E-state index is -0.569. The number of nitrogens with zero attached hydrogens (tertiary/aromatic N) is 1. The third kappa shape index (κ3) is 2.87. The first-order chi connectivity index (χ1) is 10.3. The van der Waals surface area contributed by atoms with E-state index in [9.17, 15) is 4.79 Å². The number of rotatable bonds is 3. The molecule has 0 saturated heterocycles. The fourth-order valence-electron chi connectivity index (χ4n) is 2.24. The summed E-state index contributed by atoms with van der Waals surface area (Å²) < 4.78 is 10.8. The zero-order valence-electron chi connectivity index (χ0n) is 11.3. The highest BCUT2D eigenvalue weighted by Gasteiger charge is 2.29. The fourth-order valence-corrected chi connectivity index (χ4v) is 2.24. The van der Waals surface area contributed by atoms with Crippen molar-refractivity contribution in [1.82, 2.24) is 0 Å². The molecule has 2 aromatic carbocycles. The largest absolute Gasteiger partial charge is 0.478 e. The Kier molecular flexibility index (Phi) is 3.57. The Morgan fingerprint density at radius 2 is 2.00 bits per heavy atom. The molecule has 1 aliphatic heterocycles. The second-order valence-corrected chi connectivity index (χ2v) is 4.83. The predicted octanol–water partition coefficient (Wildman–Crippen LogP) is 2.61. The summed E-state index contributed by atoms with van der Waals surface area (Å²) in [6, 6.07) is 16.6. The fraction of sp³-hybridized carbons (Fsp3) is 0.176. The van der Waals surface area contributed by atoms with Crippen LogP contribution in [0.5, 0.6) is 5.75 Å². The summed E-state index contributed by atoms with van der Waals surface area (Å²) in [4.78, 5) is 12.0. The van der Waals surface area contributed by atoms with Crippen molar-refractivity contribution in [3.8, 4) is 11.8 Å². The molecule has 0 spiro atoms. The highest BCUT2D eigenvalue weighted by molar-refractivity contribution is 5.76. The van der Waals surface area contributed by atoms with E-state index in [-0.39, 0.29) is 12.6 Å². The Hall–Kier alpha value is -2.80. The molecule has 4 nitrogen and oxygen atoms in total. The van der Waals surface area contributed by atoms with Crippen LogP contribution in [-0.4, -0.2) is 12.1 Å². The van der Waals surface area contributed by atoms with Crippen LogP contribution in [0, 0.1) is 11.3 Å². The topological polar surface area (TPSA) is 59.3 Å². The van der Waals surface area contributed by atoms with Gasteiger partial charge in [0.05, 0.1) is 11.6 Å². The Morgan fingerprint density at radius 3 is 2.71 bits per heavy atom. The molecule has 1 atom stereocenters. The normalized spacial score (nSPS) is 15.7. The van der Waals surface area contributed by atoms with Gasteiger partial charge in [0.1, 0.15) is 12.4 Å². The van der Waals surface area contributed by atoms with Crippen molar-refractivity contribution in [2.75, 3.05) is 0 Å². The van der Waals surface area contributed by atoms with E-state index in [1.165, 1.54) is 0 Å². The number of hydrogen-bond acceptors (Lipinski definition) is 4. The Bertz CT molecular complexity index is 676. The monoisotopic (exact) mass is 279 g/mol. The number of hydrogen-bond donors (Lipinski definition) is 0. The van der Waals surface area contributed by atoms with Crippen LogP contribution in [0.3, 0.4) is 0 Å². The Balaban J connectivity index is 1.57. The van der Waals surface area contributed by atoms with Crippen molar-refractivity contribution in [1.29, 1.82) is 5.26 Å². The summed E-state index contributed by atoms with van der Waals surface area (Å²) in [5.41, 5.74) is 2.45. The van der Waals surface area contributed by atoms with Crippen molar-refractivity contribution >= 4 is 5.97 Å². The quantitative estimate of drug-likeness (QED) is 0.810. The molecule has 0 bridgehead atoms. The van der Waals surface area contributed by atoms with Gasteiger partial charge in [-0.1, -0.05) is 30.3 Å². The second kappa shape index (κ2) is 5.68. The smallest absolute Gasteiger partial charge is 0.348 e. The first-order valence-electron chi connectivity index (χ1n) is 6.66. The van der Waals surface area contributed by atoms with E-state index in [1.54, 1.807) is 24.3 Å². The van der Waals surface area contributed by atoms with E-state index in [0.717, 1.165) is 16.9 Å². The Morgan fingerprint density at radius 1 is 1.24 bits per heavy atom. The number of carbonyl (C=O) groups is 1. The molecule has 0 aliphatic carbocycles. The Labute approximate surface area is 122 Å². The van der Waals surface area contributed by atoms with Crippen molar-refractivity contribution in [2.24, 2.45) is 0 Å². The number of esters is 1. The molecule has 1 heterocycles. The molecule has 0 N–H and O–H groups in total. The third-order valence-electron chi connectivity index (χ3n) is 3.37. The summed E-state index contributed by atoms with van der Waals surface area (Å²) in [5.74, 6) is 0.383. The second-order valence-electron chi connectivity index (χ2n) is 4.83. The van der Waals surface area contributed by atoms with Gasteiger partial charge in [-0.3, -0.25) is 0 Å². The van der Waals surface area contributed by atoms with E-state index in [0.29, 0.717) is 12.0 Å². The predicted molar refractivity (Wildman–Crippen MR) is 75.5 cm³/mol. The maximum Gasteiger partial charge on any atom is 0.348 e. The minimum Gasteiger partial charge on any atom is -0.478 e. The van der Waals surface area contributed by atoms with Gasteiger partial charge in [-0.2, -0.15) is 5.26 Å². The van der Waals surface area contributed by atoms with Crippen molar-refractivity contribution < 1.29 is 14.3 Å². The maximum atomic E-state index is 12.0. The molecular formula is C17H13NO3. The number of para-hydroxylation sites is 1. The van der Waals surface area contributed by atoms with Crippen LogP contribution in [0.1, 0.15) is 16.7 Å². The van der Waals surface area contributed by atoms with Gasteiger partial charge in [0.15, 0.2) is 6.10 Å².